The molecule has 0 aliphatic heterocycles. The van der Waals surface area contributed by atoms with Crippen molar-refractivity contribution in [1.29, 1.82) is 0 Å². The summed E-state index contributed by atoms with van der Waals surface area (Å²) in [6, 6.07) is 0. The molecule has 0 spiro atoms. The molecular formula is C14H22N4O4. The lowest BCUT2D eigenvalue weighted by molar-refractivity contribution is -0.392. The van der Waals surface area contributed by atoms with Crippen molar-refractivity contribution in [1.82, 2.24) is 0 Å². The smallest absolute Gasteiger partial charge is 0.322 e. The van der Waals surface area contributed by atoms with Gasteiger partial charge in [-0.15, -0.1) is 0 Å². The summed E-state index contributed by atoms with van der Waals surface area (Å²) in [5.74, 6) is -0.104. The van der Waals surface area contributed by atoms with E-state index in [1.807, 2.05) is 13.8 Å². The van der Waals surface area contributed by atoms with E-state index in [9.17, 15) is 20.2 Å². The second-order valence-corrected chi connectivity index (χ2v) is 5.60. The second-order valence-electron chi connectivity index (χ2n) is 5.60. The SMILES string of the molecule is CCCC(C)c1c(C)c(N)c([N+](=O)[O-])c(N(C)C)c1[N+](=O)[O-]. The molecule has 8 nitrogen and oxygen atoms in total. The Balaban J connectivity index is 3.94. The molecule has 1 rings (SSSR count). The maximum atomic E-state index is 11.6. The highest BCUT2D eigenvalue weighted by atomic mass is 16.6. The average Bonchev–Trinajstić information content (AvgIpc) is 2.39. The van der Waals surface area contributed by atoms with E-state index in [0.717, 1.165) is 12.8 Å². The van der Waals surface area contributed by atoms with Crippen molar-refractivity contribution in [2.45, 2.75) is 39.5 Å². The Morgan fingerprint density at radius 1 is 1.18 bits per heavy atom. The molecule has 0 heterocycles. The van der Waals surface area contributed by atoms with Crippen LogP contribution in [-0.2, 0) is 0 Å². The summed E-state index contributed by atoms with van der Waals surface area (Å²) in [5, 5.41) is 23.0. The Kier molecular flexibility index (Phi) is 5.29. The lowest BCUT2D eigenvalue weighted by Gasteiger charge is -2.21. The zero-order valence-electron chi connectivity index (χ0n) is 13.5. The van der Waals surface area contributed by atoms with Gasteiger partial charge < -0.3 is 10.6 Å². The molecule has 0 fully saturated rings. The van der Waals surface area contributed by atoms with Gasteiger partial charge in [-0.25, -0.2) is 0 Å². The van der Waals surface area contributed by atoms with Crippen LogP contribution in [0.1, 0.15) is 43.7 Å². The third-order valence-electron chi connectivity index (χ3n) is 3.79. The van der Waals surface area contributed by atoms with Gasteiger partial charge in [-0.05, 0) is 24.8 Å². The first kappa shape index (κ1) is 17.7. The van der Waals surface area contributed by atoms with Gasteiger partial charge in [-0.2, -0.15) is 0 Å². The molecular weight excluding hydrogens is 288 g/mol. The van der Waals surface area contributed by atoms with Gasteiger partial charge in [-0.1, -0.05) is 20.3 Å². The van der Waals surface area contributed by atoms with E-state index in [1.54, 1.807) is 21.0 Å². The lowest BCUT2D eigenvalue weighted by atomic mass is 9.88. The maximum absolute atomic E-state index is 11.6. The first-order valence-electron chi connectivity index (χ1n) is 7.07. The molecule has 0 aliphatic rings. The topological polar surface area (TPSA) is 116 Å². The van der Waals surface area contributed by atoms with Crippen LogP contribution in [0.15, 0.2) is 0 Å². The predicted molar refractivity (Wildman–Crippen MR) is 86.6 cm³/mol. The summed E-state index contributed by atoms with van der Waals surface area (Å²) in [7, 11) is 3.08. The second kappa shape index (κ2) is 6.59. The van der Waals surface area contributed by atoms with Crippen LogP contribution in [0.25, 0.3) is 0 Å². The summed E-state index contributed by atoms with van der Waals surface area (Å²) < 4.78 is 0. The summed E-state index contributed by atoms with van der Waals surface area (Å²) in [6.45, 7) is 5.47. The molecule has 1 aromatic rings. The van der Waals surface area contributed by atoms with E-state index in [4.69, 9.17) is 5.73 Å². The normalized spacial score (nSPS) is 12.0. The van der Waals surface area contributed by atoms with Crippen molar-refractivity contribution < 1.29 is 9.85 Å². The Morgan fingerprint density at radius 2 is 1.68 bits per heavy atom. The molecule has 22 heavy (non-hydrogen) atoms. The molecule has 2 N–H and O–H groups in total. The fourth-order valence-electron chi connectivity index (χ4n) is 2.84. The fraction of sp³-hybridized carbons (Fsp3) is 0.571. The van der Waals surface area contributed by atoms with E-state index >= 15 is 0 Å². The van der Waals surface area contributed by atoms with E-state index < -0.39 is 15.5 Å². The highest BCUT2D eigenvalue weighted by Crippen LogP contribution is 2.48. The number of nitrogen functional groups attached to an aromatic ring is 1. The largest absolute Gasteiger partial charge is 0.393 e. The van der Waals surface area contributed by atoms with Crippen molar-refractivity contribution in [3.8, 4) is 0 Å². The molecule has 0 saturated carbocycles. The zero-order chi connectivity index (χ0) is 17.2. The number of nitrogens with zero attached hydrogens (tertiary/aromatic N) is 3. The van der Waals surface area contributed by atoms with Crippen molar-refractivity contribution in [3.05, 3.63) is 31.4 Å². The monoisotopic (exact) mass is 310 g/mol. The number of anilines is 2. The summed E-state index contributed by atoms with van der Waals surface area (Å²) in [6.07, 6.45) is 1.59. The van der Waals surface area contributed by atoms with Crippen molar-refractivity contribution >= 4 is 22.7 Å². The predicted octanol–water partition coefficient (Wildman–Crippen LogP) is 3.36. The number of nitro benzene ring substituents is 2. The molecule has 0 radical (unpaired) electrons. The number of nitrogens with two attached hydrogens (primary N) is 1. The first-order valence-corrected chi connectivity index (χ1v) is 7.07. The van der Waals surface area contributed by atoms with Crippen molar-refractivity contribution in [3.63, 3.8) is 0 Å². The molecule has 0 saturated heterocycles. The molecule has 1 atom stereocenters. The third-order valence-corrected chi connectivity index (χ3v) is 3.79. The number of benzene rings is 1. The van der Waals surface area contributed by atoms with Gasteiger partial charge in [0.25, 0.3) is 0 Å². The number of hydrogen-bond donors (Lipinski definition) is 1. The zero-order valence-corrected chi connectivity index (χ0v) is 13.5. The van der Waals surface area contributed by atoms with Gasteiger partial charge in [-0.3, -0.25) is 20.2 Å². The minimum atomic E-state index is -0.654. The average molecular weight is 310 g/mol. The molecule has 122 valence electrons. The van der Waals surface area contributed by atoms with Gasteiger partial charge in [0.2, 0.25) is 0 Å². The van der Waals surface area contributed by atoms with Gasteiger partial charge in [0.15, 0.2) is 5.69 Å². The molecule has 1 unspecified atom stereocenters. The maximum Gasteiger partial charge on any atom is 0.322 e. The van der Waals surface area contributed by atoms with Gasteiger partial charge in [0.1, 0.15) is 5.69 Å². The fourth-order valence-corrected chi connectivity index (χ4v) is 2.84. The van der Waals surface area contributed by atoms with Gasteiger partial charge in [0, 0.05) is 19.7 Å². The molecule has 0 aromatic heterocycles. The summed E-state index contributed by atoms with van der Waals surface area (Å²) in [5.41, 5.74) is 6.17. The Morgan fingerprint density at radius 3 is 2.05 bits per heavy atom. The quantitative estimate of drug-likeness (QED) is 0.489. The number of nitro groups is 2. The van der Waals surface area contributed by atoms with E-state index in [-0.39, 0.29) is 23.0 Å². The Labute approximate surface area is 129 Å². The number of rotatable bonds is 6. The van der Waals surface area contributed by atoms with E-state index in [2.05, 4.69) is 0 Å². The Bertz CT molecular complexity index is 614. The van der Waals surface area contributed by atoms with Crippen molar-refractivity contribution in [2.75, 3.05) is 24.7 Å². The van der Waals surface area contributed by atoms with Crippen LogP contribution in [-0.4, -0.2) is 23.9 Å². The molecule has 8 heteroatoms. The highest BCUT2D eigenvalue weighted by Gasteiger charge is 2.37. The molecule has 1 aromatic carbocycles. The minimum Gasteiger partial charge on any atom is -0.393 e. The van der Waals surface area contributed by atoms with Crippen molar-refractivity contribution in [2.24, 2.45) is 0 Å². The van der Waals surface area contributed by atoms with E-state index in [1.165, 1.54) is 4.90 Å². The molecule has 0 aliphatic carbocycles. The van der Waals surface area contributed by atoms with Crippen LogP contribution >= 0.6 is 0 Å². The lowest BCUT2D eigenvalue weighted by Crippen LogP contribution is -2.18. The van der Waals surface area contributed by atoms with Gasteiger partial charge in [0.05, 0.1) is 9.85 Å². The Hall–Kier alpha value is -2.38. The van der Waals surface area contributed by atoms with E-state index in [0.29, 0.717) is 11.1 Å². The van der Waals surface area contributed by atoms with Crippen LogP contribution in [0.4, 0.5) is 22.7 Å². The molecule has 0 bridgehead atoms. The van der Waals surface area contributed by atoms with Crippen LogP contribution in [0.5, 0.6) is 0 Å². The minimum absolute atomic E-state index is 0.00254. The van der Waals surface area contributed by atoms with Crippen LogP contribution in [0, 0.1) is 27.2 Å². The van der Waals surface area contributed by atoms with Crippen LogP contribution in [0.3, 0.4) is 0 Å². The highest BCUT2D eigenvalue weighted by molar-refractivity contribution is 5.88. The first-order chi connectivity index (χ1) is 10.1. The number of hydrogen-bond acceptors (Lipinski definition) is 6. The van der Waals surface area contributed by atoms with Crippen LogP contribution < -0.4 is 10.6 Å². The molecule has 0 amide bonds. The third kappa shape index (κ3) is 2.95. The van der Waals surface area contributed by atoms with Crippen LogP contribution in [0.2, 0.25) is 0 Å². The summed E-state index contributed by atoms with van der Waals surface area (Å²) >= 11 is 0. The standard InChI is InChI=1S/C14H22N4O4/c1-6-7-8(2)10-9(3)11(15)13(18(21)22)14(16(4)5)12(10)17(19)20/h8H,6-7,15H2,1-5H3. The summed E-state index contributed by atoms with van der Waals surface area (Å²) in [4.78, 5) is 23.2. The van der Waals surface area contributed by atoms with Gasteiger partial charge >= 0.3 is 11.4 Å².